The number of amides is 1. The molecule has 3 rings (SSSR count). The molecular formula is C19H22N4O3S. The van der Waals surface area contributed by atoms with Crippen LogP contribution < -0.4 is 10.9 Å². The number of anilines is 1. The maximum absolute atomic E-state index is 12.5. The Balaban J connectivity index is 1.76. The van der Waals surface area contributed by atoms with Gasteiger partial charge in [0.2, 0.25) is 0 Å². The Bertz CT molecular complexity index is 996. The summed E-state index contributed by atoms with van der Waals surface area (Å²) in [6.45, 7) is 2.81. The van der Waals surface area contributed by atoms with Crippen LogP contribution in [0.1, 0.15) is 35.8 Å². The molecule has 1 amide bonds. The molecule has 0 aliphatic carbocycles. The van der Waals surface area contributed by atoms with Gasteiger partial charge < -0.3 is 4.74 Å². The second kappa shape index (κ2) is 8.88. The Morgan fingerprint density at radius 2 is 2.15 bits per heavy atom. The average molecular weight is 386 g/mol. The van der Waals surface area contributed by atoms with E-state index in [1.165, 1.54) is 33.7 Å². The molecule has 0 aliphatic rings. The van der Waals surface area contributed by atoms with Crippen LogP contribution in [0.2, 0.25) is 0 Å². The number of hydrogen-bond acceptors (Lipinski definition) is 6. The van der Waals surface area contributed by atoms with Gasteiger partial charge in [0.05, 0.1) is 23.4 Å². The van der Waals surface area contributed by atoms with Gasteiger partial charge in [-0.05, 0) is 36.6 Å². The van der Waals surface area contributed by atoms with Crippen molar-refractivity contribution < 1.29 is 9.53 Å². The Hall–Kier alpha value is -2.58. The van der Waals surface area contributed by atoms with Crippen LogP contribution in [0.5, 0.6) is 0 Å². The zero-order chi connectivity index (χ0) is 19.2. The number of aryl methyl sites for hydroxylation is 1. The topological polar surface area (TPSA) is 86.1 Å². The highest BCUT2D eigenvalue weighted by molar-refractivity contribution is 7.22. The van der Waals surface area contributed by atoms with Crippen LogP contribution in [0.15, 0.2) is 35.1 Å². The van der Waals surface area contributed by atoms with E-state index in [-0.39, 0.29) is 17.8 Å². The molecule has 142 valence electrons. The number of aromatic nitrogens is 3. The van der Waals surface area contributed by atoms with Gasteiger partial charge in [-0.15, -0.1) is 0 Å². The van der Waals surface area contributed by atoms with Crippen molar-refractivity contribution in [1.82, 2.24) is 14.8 Å². The lowest BCUT2D eigenvalue weighted by Gasteiger charge is -2.06. The normalized spacial score (nSPS) is 11.0. The molecule has 0 atom stereocenters. The third kappa shape index (κ3) is 4.78. The summed E-state index contributed by atoms with van der Waals surface area (Å²) >= 11 is 1.43. The third-order valence-corrected chi connectivity index (χ3v) is 5.03. The van der Waals surface area contributed by atoms with Crippen LogP contribution >= 0.6 is 11.3 Å². The van der Waals surface area contributed by atoms with Gasteiger partial charge >= 0.3 is 0 Å². The summed E-state index contributed by atoms with van der Waals surface area (Å²) in [5.41, 5.74) is 2.02. The molecule has 1 N–H and O–H groups in total. The highest BCUT2D eigenvalue weighted by atomic mass is 32.1. The van der Waals surface area contributed by atoms with Crippen molar-refractivity contribution in [2.45, 2.75) is 32.7 Å². The molecule has 0 bridgehead atoms. The quantitative estimate of drug-likeness (QED) is 0.643. The molecule has 7 nitrogen and oxygen atoms in total. The standard InChI is InChI=1S/C19H22N4O3S/c1-3-4-5-13-6-7-14-16(12-13)27-19(20-14)21-18(25)15-8-9-17(24)23(22-15)10-11-26-2/h6-9,12H,3-5,10-11H2,1-2H3,(H,20,21,25). The number of nitrogens with zero attached hydrogens (tertiary/aromatic N) is 3. The highest BCUT2D eigenvalue weighted by Crippen LogP contribution is 2.27. The molecule has 0 saturated carbocycles. The number of carbonyl (C=O) groups excluding carboxylic acids is 1. The average Bonchev–Trinajstić information content (AvgIpc) is 3.07. The number of unbranched alkanes of at least 4 members (excludes halogenated alkanes) is 1. The predicted molar refractivity (Wildman–Crippen MR) is 107 cm³/mol. The van der Waals surface area contributed by atoms with Crippen LogP contribution in [-0.4, -0.2) is 34.4 Å². The molecule has 8 heteroatoms. The Morgan fingerprint density at radius 1 is 1.30 bits per heavy atom. The Morgan fingerprint density at radius 3 is 2.93 bits per heavy atom. The summed E-state index contributed by atoms with van der Waals surface area (Å²) in [4.78, 5) is 28.7. The summed E-state index contributed by atoms with van der Waals surface area (Å²) in [6, 6.07) is 8.93. The van der Waals surface area contributed by atoms with E-state index in [0.717, 1.165) is 29.5 Å². The molecule has 2 aromatic heterocycles. The van der Waals surface area contributed by atoms with Crippen molar-refractivity contribution in [1.29, 1.82) is 0 Å². The minimum Gasteiger partial charge on any atom is -0.383 e. The van der Waals surface area contributed by atoms with Gasteiger partial charge in [0.25, 0.3) is 11.5 Å². The van der Waals surface area contributed by atoms with E-state index in [1.807, 2.05) is 6.07 Å². The lowest BCUT2D eigenvalue weighted by atomic mass is 10.1. The number of fused-ring (bicyclic) bond motifs is 1. The van der Waals surface area contributed by atoms with Crippen molar-refractivity contribution in [3.05, 3.63) is 51.9 Å². The fourth-order valence-electron chi connectivity index (χ4n) is 2.63. The van der Waals surface area contributed by atoms with Crippen LogP contribution in [0.3, 0.4) is 0 Å². The Kier molecular flexibility index (Phi) is 6.31. The van der Waals surface area contributed by atoms with Crippen molar-refractivity contribution >= 4 is 32.6 Å². The summed E-state index contributed by atoms with van der Waals surface area (Å²) < 4.78 is 7.21. The van der Waals surface area contributed by atoms with E-state index >= 15 is 0 Å². The number of methoxy groups -OCH3 is 1. The number of ether oxygens (including phenoxy) is 1. The van der Waals surface area contributed by atoms with Gasteiger partial charge in [0.1, 0.15) is 5.69 Å². The fraction of sp³-hybridized carbons (Fsp3) is 0.368. The minimum atomic E-state index is -0.397. The number of thiazole rings is 1. The van der Waals surface area contributed by atoms with Crippen LogP contribution in [0.4, 0.5) is 5.13 Å². The number of benzene rings is 1. The molecular weight excluding hydrogens is 364 g/mol. The van der Waals surface area contributed by atoms with E-state index in [9.17, 15) is 9.59 Å². The van der Waals surface area contributed by atoms with Gasteiger partial charge in [-0.1, -0.05) is 30.7 Å². The number of nitrogens with one attached hydrogen (secondary N) is 1. The van der Waals surface area contributed by atoms with Crippen LogP contribution in [0.25, 0.3) is 10.2 Å². The molecule has 0 radical (unpaired) electrons. The molecule has 0 fully saturated rings. The van der Waals surface area contributed by atoms with Gasteiger partial charge in [-0.3, -0.25) is 14.9 Å². The Labute approximate surface area is 161 Å². The lowest BCUT2D eigenvalue weighted by Crippen LogP contribution is -2.27. The van der Waals surface area contributed by atoms with E-state index in [1.54, 1.807) is 7.11 Å². The van der Waals surface area contributed by atoms with Crippen molar-refractivity contribution in [2.75, 3.05) is 19.0 Å². The molecule has 0 saturated heterocycles. The first-order chi connectivity index (χ1) is 13.1. The predicted octanol–water partition coefficient (Wildman–Crippen LogP) is 3.09. The first-order valence-corrected chi connectivity index (χ1v) is 9.70. The fourth-order valence-corrected chi connectivity index (χ4v) is 3.55. The third-order valence-electron chi connectivity index (χ3n) is 4.10. The van der Waals surface area contributed by atoms with Crippen molar-refractivity contribution in [3.63, 3.8) is 0 Å². The van der Waals surface area contributed by atoms with E-state index in [4.69, 9.17) is 4.74 Å². The zero-order valence-corrected chi connectivity index (χ0v) is 16.2. The highest BCUT2D eigenvalue weighted by Gasteiger charge is 2.13. The number of hydrogen-bond donors (Lipinski definition) is 1. The summed E-state index contributed by atoms with van der Waals surface area (Å²) in [5.74, 6) is -0.397. The second-order valence-electron chi connectivity index (χ2n) is 6.15. The summed E-state index contributed by atoms with van der Waals surface area (Å²) in [5, 5.41) is 7.38. The smallest absolute Gasteiger partial charge is 0.277 e. The van der Waals surface area contributed by atoms with Crippen molar-refractivity contribution in [2.24, 2.45) is 0 Å². The molecule has 0 aliphatic heterocycles. The molecule has 3 aromatic rings. The largest absolute Gasteiger partial charge is 0.383 e. The first kappa shape index (κ1) is 19.2. The van der Waals surface area contributed by atoms with Gasteiger partial charge in [0, 0.05) is 13.2 Å². The first-order valence-electron chi connectivity index (χ1n) is 8.88. The summed E-state index contributed by atoms with van der Waals surface area (Å²) in [6.07, 6.45) is 3.35. The van der Waals surface area contributed by atoms with E-state index < -0.39 is 5.91 Å². The molecule has 0 unspecified atom stereocenters. The molecule has 27 heavy (non-hydrogen) atoms. The van der Waals surface area contributed by atoms with Crippen molar-refractivity contribution in [3.8, 4) is 0 Å². The minimum absolute atomic E-state index is 0.161. The molecule has 1 aromatic carbocycles. The maximum atomic E-state index is 12.5. The monoisotopic (exact) mass is 386 g/mol. The SMILES string of the molecule is CCCCc1ccc2nc(NC(=O)c3ccc(=O)n(CCOC)n3)sc2c1. The second-order valence-corrected chi connectivity index (χ2v) is 7.18. The van der Waals surface area contributed by atoms with Gasteiger partial charge in [-0.25, -0.2) is 9.67 Å². The van der Waals surface area contributed by atoms with Crippen LogP contribution in [0, 0.1) is 0 Å². The van der Waals surface area contributed by atoms with E-state index in [0.29, 0.717) is 11.7 Å². The lowest BCUT2D eigenvalue weighted by molar-refractivity contribution is 0.101. The maximum Gasteiger partial charge on any atom is 0.277 e. The summed E-state index contributed by atoms with van der Waals surface area (Å²) in [7, 11) is 1.54. The molecule has 0 spiro atoms. The van der Waals surface area contributed by atoms with Crippen LogP contribution in [-0.2, 0) is 17.7 Å². The van der Waals surface area contributed by atoms with E-state index in [2.05, 4.69) is 34.5 Å². The number of rotatable bonds is 8. The number of carbonyl (C=O) groups is 1. The van der Waals surface area contributed by atoms with Gasteiger partial charge in [-0.2, -0.15) is 5.10 Å². The zero-order valence-electron chi connectivity index (χ0n) is 15.4. The molecule has 2 heterocycles. The van der Waals surface area contributed by atoms with Gasteiger partial charge in [0.15, 0.2) is 5.13 Å².